The average molecular weight is 387 g/mol. The Bertz CT molecular complexity index is 870. The summed E-state index contributed by atoms with van der Waals surface area (Å²) in [4.78, 5) is 26.0. The van der Waals surface area contributed by atoms with Gasteiger partial charge in [-0.25, -0.2) is 9.18 Å². The first-order valence-electron chi connectivity index (χ1n) is 9.07. The zero-order valence-electron chi connectivity index (χ0n) is 15.4. The van der Waals surface area contributed by atoms with Gasteiger partial charge < -0.3 is 10.1 Å². The summed E-state index contributed by atoms with van der Waals surface area (Å²) in [6.45, 7) is 4.16. The van der Waals surface area contributed by atoms with Gasteiger partial charge in [0.15, 0.2) is 0 Å². The van der Waals surface area contributed by atoms with E-state index in [0.717, 1.165) is 35.3 Å². The van der Waals surface area contributed by atoms with Crippen molar-refractivity contribution in [1.82, 2.24) is 0 Å². The minimum Gasteiger partial charge on any atom is -0.462 e. The third-order valence-electron chi connectivity index (χ3n) is 4.57. The molecule has 0 saturated carbocycles. The Labute approximate surface area is 162 Å². The van der Waals surface area contributed by atoms with Gasteiger partial charge in [-0.2, -0.15) is 0 Å². The lowest BCUT2D eigenvalue weighted by Gasteiger charge is -2.19. The van der Waals surface area contributed by atoms with Gasteiger partial charge >= 0.3 is 5.97 Å². The van der Waals surface area contributed by atoms with Crippen molar-refractivity contribution in [3.05, 3.63) is 57.7 Å². The van der Waals surface area contributed by atoms with Crippen LogP contribution in [0.4, 0.5) is 9.39 Å². The first-order chi connectivity index (χ1) is 13.0. The Morgan fingerprint density at radius 1 is 1.33 bits per heavy atom. The van der Waals surface area contributed by atoms with Crippen molar-refractivity contribution in [1.29, 1.82) is 0 Å². The molecule has 0 bridgehead atoms. The molecule has 0 aliphatic heterocycles. The lowest BCUT2D eigenvalue weighted by molar-refractivity contribution is -0.111. The number of carbonyl (C=O) groups is 2. The molecule has 4 nitrogen and oxygen atoms in total. The van der Waals surface area contributed by atoms with Crippen LogP contribution in [0.5, 0.6) is 0 Å². The number of esters is 1. The first-order valence-corrected chi connectivity index (χ1v) is 9.88. The van der Waals surface area contributed by atoms with E-state index in [-0.39, 0.29) is 30.2 Å². The molecule has 0 saturated heterocycles. The second-order valence-corrected chi connectivity index (χ2v) is 7.64. The molecule has 6 heteroatoms. The van der Waals surface area contributed by atoms with Crippen molar-refractivity contribution >= 4 is 34.3 Å². The maximum absolute atomic E-state index is 13.0. The van der Waals surface area contributed by atoms with Crippen molar-refractivity contribution in [3.63, 3.8) is 0 Å². The van der Waals surface area contributed by atoms with Crippen molar-refractivity contribution in [2.45, 2.75) is 39.0 Å². The number of fused-ring (bicyclic) bond motifs is 1. The predicted octanol–water partition coefficient (Wildman–Crippen LogP) is 5.16. The van der Waals surface area contributed by atoms with E-state index in [0.29, 0.717) is 10.6 Å². The Kier molecular flexibility index (Phi) is 6.06. The smallest absolute Gasteiger partial charge is 0.341 e. The minimum absolute atomic E-state index is 0.268. The number of benzene rings is 1. The molecular formula is C21H22FNO3S. The molecule has 0 radical (unpaired) electrons. The molecule has 1 atom stereocenters. The number of thiophene rings is 1. The Morgan fingerprint density at radius 3 is 2.78 bits per heavy atom. The van der Waals surface area contributed by atoms with E-state index in [1.54, 1.807) is 25.1 Å². The minimum atomic E-state index is -0.387. The largest absolute Gasteiger partial charge is 0.462 e. The highest BCUT2D eigenvalue weighted by atomic mass is 32.1. The summed E-state index contributed by atoms with van der Waals surface area (Å²) >= 11 is 1.46. The van der Waals surface area contributed by atoms with Crippen LogP contribution in [0.3, 0.4) is 0 Å². The van der Waals surface area contributed by atoms with Crippen LogP contribution in [0, 0.1) is 5.82 Å². The van der Waals surface area contributed by atoms with Crippen molar-refractivity contribution in [2.75, 3.05) is 11.9 Å². The second kappa shape index (κ2) is 8.48. The number of rotatable bonds is 5. The SMILES string of the molecule is CCOC(=O)c1c(NC(=O)C=Cc2ccc(F)cc2)sc2c1C(C)CCC2. The number of anilines is 1. The summed E-state index contributed by atoms with van der Waals surface area (Å²) in [6.07, 6.45) is 6.00. The topological polar surface area (TPSA) is 55.4 Å². The van der Waals surface area contributed by atoms with Gasteiger partial charge in [0.05, 0.1) is 12.2 Å². The maximum atomic E-state index is 13.0. The summed E-state index contributed by atoms with van der Waals surface area (Å²) in [5.74, 6) is -0.781. The normalized spacial score (nSPS) is 16.2. The molecule has 142 valence electrons. The average Bonchev–Trinajstić information content (AvgIpc) is 3.01. The van der Waals surface area contributed by atoms with Crippen LogP contribution < -0.4 is 5.32 Å². The van der Waals surface area contributed by atoms with Gasteiger partial charge in [0.1, 0.15) is 10.8 Å². The fraction of sp³-hybridized carbons (Fsp3) is 0.333. The van der Waals surface area contributed by atoms with E-state index in [1.165, 1.54) is 29.5 Å². The second-order valence-electron chi connectivity index (χ2n) is 6.53. The highest BCUT2D eigenvalue weighted by molar-refractivity contribution is 7.17. The highest BCUT2D eigenvalue weighted by Crippen LogP contribution is 2.43. The van der Waals surface area contributed by atoms with Gasteiger partial charge in [0.25, 0.3) is 0 Å². The summed E-state index contributed by atoms with van der Waals surface area (Å²) in [6, 6.07) is 5.86. The summed E-state index contributed by atoms with van der Waals surface area (Å²) in [5, 5.41) is 3.37. The maximum Gasteiger partial charge on any atom is 0.341 e. The quantitative estimate of drug-likeness (QED) is 0.570. The molecule has 1 aliphatic rings. The number of hydrogen-bond acceptors (Lipinski definition) is 4. The van der Waals surface area contributed by atoms with Crippen LogP contribution in [0.2, 0.25) is 0 Å². The predicted molar refractivity (Wildman–Crippen MR) is 106 cm³/mol. The van der Waals surface area contributed by atoms with Crippen LogP contribution >= 0.6 is 11.3 Å². The first kappa shape index (κ1) is 19.3. The van der Waals surface area contributed by atoms with E-state index in [1.807, 2.05) is 0 Å². The lowest BCUT2D eigenvalue weighted by Crippen LogP contribution is -2.15. The molecule has 1 aromatic heterocycles. The van der Waals surface area contributed by atoms with Crippen molar-refractivity contribution in [2.24, 2.45) is 0 Å². The number of halogens is 1. The molecule has 1 heterocycles. The molecule has 1 aromatic carbocycles. The fourth-order valence-corrected chi connectivity index (χ4v) is 4.66. The molecule has 3 rings (SSSR count). The van der Waals surface area contributed by atoms with Gasteiger partial charge in [0, 0.05) is 11.0 Å². The van der Waals surface area contributed by atoms with Crippen LogP contribution in [-0.2, 0) is 16.0 Å². The monoisotopic (exact) mass is 387 g/mol. The molecular weight excluding hydrogens is 365 g/mol. The lowest BCUT2D eigenvalue weighted by atomic mass is 9.86. The summed E-state index contributed by atoms with van der Waals surface area (Å²) < 4.78 is 18.2. The van der Waals surface area contributed by atoms with Crippen molar-refractivity contribution < 1.29 is 18.7 Å². The van der Waals surface area contributed by atoms with Gasteiger partial charge in [-0.15, -0.1) is 11.3 Å². The Balaban J connectivity index is 1.84. The van der Waals surface area contributed by atoms with Crippen LogP contribution in [0.25, 0.3) is 6.08 Å². The van der Waals surface area contributed by atoms with Gasteiger partial charge in [-0.05, 0) is 61.4 Å². The zero-order valence-corrected chi connectivity index (χ0v) is 16.2. The number of ether oxygens (including phenoxy) is 1. The molecule has 0 fully saturated rings. The van der Waals surface area contributed by atoms with E-state index in [9.17, 15) is 14.0 Å². The fourth-order valence-electron chi connectivity index (χ4n) is 3.30. The van der Waals surface area contributed by atoms with Gasteiger partial charge in [-0.3, -0.25) is 4.79 Å². The third-order valence-corrected chi connectivity index (χ3v) is 5.75. The van der Waals surface area contributed by atoms with Crippen LogP contribution in [0.1, 0.15) is 59.0 Å². The summed E-state index contributed by atoms with van der Waals surface area (Å²) in [5.41, 5.74) is 2.23. The van der Waals surface area contributed by atoms with Gasteiger partial charge in [0.2, 0.25) is 5.91 Å². The third kappa shape index (κ3) is 4.45. The molecule has 1 amide bonds. The van der Waals surface area contributed by atoms with E-state index in [2.05, 4.69) is 12.2 Å². The molecule has 1 aliphatic carbocycles. The van der Waals surface area contributed by atoms with Crippen molar-refractivity contribution in [3.8, 4) is 0 Å². The molecule has 0 spiro atoms. The molecule has 1 unspecified atom stereocenters. The standard InChI is InChI=1S/C21H22FNO3S/c1-3-26-21(25)19-18-13(2)5-4-6-16(18)27-20(19)23-17(24)12-9-14-7-10-15(22)11-8-14/h7-13H,3-6H2,1-2H3,(H,23,24). The molecule has 27 heavy (non-hydrogen) atoms. The number of hydrogen-bond donors (Lipinski definition) is 1. The van der Waals surface area contributed by atoms with E-state index >= 15 is 0 Å². The Hall–Kier alpha value is -2.47. The molecule has 2 aromatic rings. The highest BCUT2D eigenvalue weighted by Gasteiger charge is 2.30. The van der Waals surface area contributed by atoms with Crippen LogP contribution in [-0.4, -0.2) is 18.5 Å². The zero-order chi connectivity index (χ0) is 19.4. The van der Waals surface area contributed by atoms with E-state index in [4.69, 9.17) is 4.74 Å². The van der Waals surface area contributed by atoms with Crippen LogP contribution in [0.15, 0.2) is 30.3 Å². The number of amides is 1. The number of nitrogens with one attached hydrogen (secondary N) is 1. The number of carbonyl (C=O) groups excluding carboxylic acids is 2. The van der Waals surface area contributed by atoms with Gasteiger partial charge in [-0.1, -0.05) is 19.1 Å². The molecule has 1 N–H and O–H groups in total. The Morgan fingerprint density at radius 2 is 2.07 bits per heavy atom. The summed E-state index contributed by atoms with van der Waals surface area (Å²) in [7, 11) is 0. The van der Waals surface area contributed by atoms with E-state index < -0.39 is 0 Å². The number of aryl methyl sites for hydroxylation is 1.